The first-order valence-electron chi connectivity index (χ1n) is 16.6. The van der Waals surface area contributed by atoms with E-state index in [-0.39, 0.29) is 34.7 Å². The maximum Gasteiger partial charge on any atom is 0.220 e. The summed E-state index contributed by atoms with van der Waals surface area (Å²) in [5.74, 6) is 0.341. The lowest BCUT2D eigenvalue weighted by molar-refractivity contribution is -0.123. The van der Waals surface area contributed by atoms with E-state index < -0.39 is 0 Å². The number of benzene rings is 2. The highest BCUT2D eigenvalue weighted by Gasteiger charge is 2.40. The second-order valence-corrected chi connectivity index (χ2v) is 12.7. The molecule has 2 heterocycles. The first-order chi connectivity index (χ1) is 20.5. The van der Waals surface area contributed by atoms with Crippen molar-refractivity contribution in [3.63, 3.8) is 0 Å². The van der Waals surface area contributed by atoms with Crippen LogP contribution in [0.1, 0.15) is 102 Å². The maximum absolute atomic E-state index is 12.8. The molecule has 2 atom stereocenters. The smallest absolute Gasteiger partial charge is 0.220 e. The number of unbranched alkanes of at least 4 members (excludes halogenated alkanes) is 5. The number of piperidine rings is 2. The summed E-state index contributed by atoms with van der Waals surface area (Å²) in [6.07, 6.45) is 11.6. The highest BCUT2D eigenvalue weighted by Crippen LogP contribution is 2.38. The molecule has 0 bridgehead atoms. The summed E-state index contributed by atoms with van der Waals surface area (Å²) >= 11 is 0. The zero-order valence-corrected chi connectivity index (χ0v) is 26.1. The summed E-state index contributed by atoms with van der Waals surface area (Å²) in [5, 5.41) is 13.7. The zero-order chi connectivity index (χ0) is 29.7. The molecule has 2 fully saturated rings. The second kappa shape index (κ2) is 16.2. The van der Waals surface area contributed by atoms with Crippen LogP contribution in [0, 0.1) is 0 Å². The molecule has 0 spiro atoms. The van der Waals surface area contributed by atoms with Gasteiger partial charge < -0.3 is 21.3 Å². The van der Waals surface area contributed by atoms with Gasteiger partial charge >= 0.3 is 0 Å². The summed E-state index contributed by atoms with van der Waals surface area (Å²) in [7, 11) is 0. The third kappa shape index (κ3) is 8.44. The molecule has 2 aromatic rings. The summed E-state index contributed by atoms with van der Waals surface area (Å²) in [4.78, 5) is 25.6. The van der Waals surface area contributed by atoms with Crippen LogP contribution >= 0.6 is 0 Å². The van der Waals surface area contributed by atoms with E-state index in [1.165, 1.54) is 11.1 Å². The predicted molar refractivity (Wildman–Crippen MR) is 173 cm³/mol. The van der Waals surface area contributed by atoms with Crippen molar-refractivity contribution in [2.24, 2.45) is 0 Å². The molecule has 0 radical (unpaired) electrons. The fourth-order valence-corrected chi connectivity index (χ4v) is 7.41. The number of hydrogen-bond donors (Lipinski definition) is 4. The lowest BCUT2D eigenvalue weighted by Crippen LogP contribution is -2.53. The molecular weight excluding hydrogens is 520 g/mol. The normalized spacial score (nSPS) is 19.4. The Hall–Kier alpha value is -2.70. The van der Waals surface area contributed by atoms with E-state index in [4.69, 9.17) is 0 Å². The van der Waals surface area contributed by atoms with Crippen LogP contribution in [0.4, 0.5) is 0 Å². The van der Waals surface area contributed by atoms with E-state index in [2.05, 4.69) is 95.8 Å². The average Bonchev–Trinajstić information content (AvgIpc) is 3.03. The third-order valence-corrected chi connectivity index (χ3v) is 10.2. The van der Waals surface area contributed by atoms with Gasteiger partial charge in [0.2, 0.25) is 11.8 Å². The van der Waals surface area contributed by atoms with Gasteiger partial charge in [0.1, 0.15) is 0 Å². The van der Waals surface area contributed by atoms with Crippen molar-refractivity contribution < 1.29 is 9.59 Å². The maximum atomic E-state index is 12.8. The average molecular weight is 575 g/mol. The summed E-state index contributed by atoms with van der Waals surface area (Å²) in [5.41, 5.74) is 2.68. The SMILES string of the molecule is CC(NC(=O)CCCCCCCCC(=O)NC(C)C1(c2ccccc2)CCNCC1)C1(c2ccccc2)CCNCC1. The monoisotopic (exact) mass is 574 g/mol. The quantitative estimate of drug-likeness (QED) is 0.204. The lowest BCUT2D eigenvalue weighted by Gasteiger charge is -2.43. The molecule has 6 nitrogen and oxygen atoms in total. The Morgan fingerprint density at radius 3 is 1.29 bits per heavy atom. The minimum absolute atomic E-state index is 0.00198. The van der Waals surface area contributed by atoms with Crippen molar-refractivity contribution in [1.29, 1.82) is 0 Å². The van der Waals surface area contributed by atoms with Crippen LogP contribution in [0.15, 0.2) is 60.7 Å². The van der Waals surface area contributed by atoms with Gasteiger partial charge in [0.15, 0.2) is 0 Å². The highest BCUT2D eigenvalue weighted by atomic mass is 16.2. The lowest BCUT2D eigenvalue weighted by atomic mass is 9.68. The minimum Gasteiger partial charge on any atom is -0.353 e. The van der Waals surface area contributed by atoms with Crippen LogP contribution in [0.25, 0.3) is 0 Å². The predicted octanol–water partition coefficient (Wildman–Crippen LogP) is 5.76. The van der Waals surface area contributed by atoms with E-state index in [0.29, 0.717) is 12.8 Å². The van der Waals surface area contributed by atoms with E-state index in [9.17, 15) is 9.59 Å². The number of carbonyl (C=O) groups excluding carboxylic acids is 2. The third-order valence-electron chi connectivity index (χ3n) is 10.2. The number of hydrogen-bond acceptors (Lipinski definition) is 4. The van der Waals surface area contributed by atoms with Crippen LogP contribution in [0.5, 0.6) is 0 Å². The first kappa shape index (κ1) is 32.2. The Balaban J connectivity index is 1.10. The molecule has 0 aromatic heterocycles. The van der Waals surface area contributed by atoms with Crippen molar-refractivity contribution in [2.75, 3.05) is 26.2 Å². The Kier molecular flexibility index (Phi) is 12.4. The second-order valence-electron chi connectivity index (χ2n) is 12.7. The topological polar surface area (TPSA) is 82.3 Å². The van der Waals surface area contributed by atoms with Crippen molar-refractivity contribution in [3.05, 3.63) is 71.8 Å². The molecule has 4 rings (SSSR count). The van der Waals surface area contributed by atoms with E-state index >= 15 is 0 Å². The molecule has 2 unspecified atom stereocenters. The molecule has 42 heavy (non-hydrogen) atoms. The number of nitrogens with one attached hydrogen (secondary N) is 4. The molecule has 2 amide bonds. The van der Waals surface area contributed by atoms with Crippen LogP contribution in [0.2, 0.25) is 0 Å². The highest BCUT2D eigenvalue weighted by molar-refractivity contribution is 5.76. The Morgan fingerprint density at radius 1 is 0.595 bits per heavy atom. The van der Waals surface area contributed by atoms with Crippen LogP contribution in [-0.4, -0.2) is 50.1 Å². The largest absolute Gasteiger partial charge is 0.353 e. The van der Waals surface area contributed by atoms with Gasteiger partial charge in [-0.2, -0.15) is 0 Å². The van der Waals surface area contributed by atoms with Crippen molar-refractivity contribution in [1.82, 2.24) is 21.3 Å². The standard InChI is InChI=1S/C36H54N4O2/c1-29(35(21-25-37-26-22-35)31-15-9-7-10-16-31)39-33(41)19-13-5-3-4-6-14-20-34(42)40-30(2)36(23-27-38-28-24-36)32-17-11-8-12-18-32/h7-12,15-18,29-30,37-38H,3-6,13-14,19-28H2,1-2H3,(H,39,41)(H,40,42). The van der Waals surface area contributed by atoms with Gasteiger partial charge in [-0.25, -0.2) is 0 Å². The number of rotatable bonds is 15. The molecule has 2 aliphatic rings. The Morgan fingerprint density at radius 2 is 0.929 bits per heavy atom. The molecule has 4 N–H and O–H groups in total. The van der Waals surface area contributed by atoms with Crippen molar-refractivity contribution in [2.45, 2.75) is 114 Å². The molecule has 2 saturated heterocycles. The van der Waals surface area contributed by atoms with E-state index in [1.54, 1.807) is 0 Å². The fraction of sp³-hybridized carbons (Fsp3) is 0.611. The van der Waals surface area contributed by atoms with Gasteiger partial charge in [-0.15, -0.1) is 0 Å². The molecule has 230 valence electrons. The molecule has 0 aliphatic carbocycles. The molecule has 0 saturated carbocycles. The minimum atomic E-state index is 0.00198. The van der Waals surface area contributed by atoms with Gasteiger partial charge in [0.25, 0.3) is 0 Å². The van der Waals surface area contributed by atoms with E-state index in [1.807, 2.05) is 0 Å². The zero-order valence-electron chi connectivity index (χ0n) is 26.1. The van der Waals surface area contributed by atoms with Gasteiger partial charge in [-0.3, -0.25) is 9.59 Å². The first-order valence-corrected chi connectivity index (χ1v) is 16.6. The Labute approximate surface area is 254 Å². The van der Waals surface area contributed by atoms with Gasteiger partial charge in [0.05, 0.1) is 0 Å². The van der Waals surface area contributed by atoms with Crippen molar-refractivity contribution >= 4 is 11.8 Å². The number of carbonyl (C=O) groups is 2. The Bertz CT molecular complexity index is 991. The summed E-state index contributed by atoms with van der Waals surface area (Å²) < 4.78 is 0. The summed E-state index contributed by atoms with van der Waals surface area (Å²) in [6.45, 7) is 8.32. The number of amides is 2. The van der Waals surface area contributed by atoms with Crippen molar-refractivity contribution in [3.8, 4) is 0 Å². The van der Waals surface area contributed by atoms with Crippen LogP contribution in [0.3, 0.4) is 0 Å². The van der Waals surface area contributed by atoms with Gasteiger partial charge in [0, 0.05) is 35.8 Å². The van der Waals surface area contributed by atoms with Gasteiger partial charge in [-0.05, 0) is 89.7 Å². The molecule has 6 heteroatoms. The van der Waals surface area contributed by atoms with Gasteiger partial charge in [-0.1, -0.05) is 86.3 Å². The fourth-order valence-electron chi connectivity index (χ4n) is 7.41. The molecular formula is C36H54N4O2. The van der Waals surface area contributed by atoms with Crippen LogP contribution in [-0.2, 0) is 20.4 Å². The van der Waals surface area contributed by atoms with E-state index in [0.717, 1.165) is 90.4 Å². The molecule has 2 aromatic carbocycles. The van der Waals surface area contributed by atoms with Crippen LogP contribution < -0.4 is 21.3 Å². The summed E-state index contributed by atoms with van der Waals surface area (Å²) in [6, 6.07) is 21.6. The molecule has 2 aliphatic heterocycles.